The van der Waals surface area contributed by atoms with Crippen LogP contribution < -0.4 is 0 Å². The molecule has 1 aliphatic rings. The average molecular weight is 294 g/mol. The number of benzene rings is 1. The van der Waals surface area contributed by atoms with E-state index in [-0.39, 0.29) is 16.6 Å². The molecule has 0 bridgehead atoms. The maximum Gasteiger partial charge on any atom is 0.175 e. The summed E-state index contributed by atoms with van der Waals surface area (Å²) in [6.45, 7) is 2.20. The highest BCUT2D eigenvalue weighted by Gasteiger charge is 2.26. The van der Waals surface area contributed by atoms with Crippen LogP contribution in [0.2, 0.25) is 0 Å². The van der Waals surface area contributed by atoms with Gasteiger partial charge in [-0.3, -0.25) is 4.79 Å². The highest BCUT2D eigenvalue weighted by Crippen LogP contribution is 2.32. The van der Waals surface area contributed by atoms with Crippen LogP contribution in [0.1, 0.15) is 49.4 Å². The molecule has 0 heterocycles. The van der Waals surface area contributed by atoms with Crippen molar-refractivity contribution in [2.24, 2.45) is 11.8 Å². The van der Waals surface area contributed by atoms with E-state index >= 15 is 0 Å². The third-order valence-corrected chi connectivity index (χ3v) is 5.45. The topological polar surface area (TPSA) is 51.2 Å². The summed E-state index contributed by atoms with van der Waals surface area (Å²) < 4.78 is 23.1. The first-order valence-corrected chi connectivity index (χ1v) is 9.15. The van der Waals surface area contributed by atoms with Crippen molar-refractivity contribution in [1.82, 2.24) is 0 Å². The van der Waals surface area contributed by atoms with Crippen molar-refractivity contribution in [1.29, 1.82) is 0 Å². The molecule has 2 rings (SSSR count). The number of Topliss-reactive ketones (excluding diaryl/α,β-unsaturated/α-hetero) is 1. The van der Waals surface area contributed by atoms with E-state index in [1.807, 2.05) is 0 Å². The Kier molecular flexibility index (Phi) is 4.63. The molecule has 0 saturated heterocycles. The summed E-state index contributed by atoms with van der Waals surface area (Å²) >= 11 is 0. The van der Waals surface area contributed by atoms with E-state index in [2.05, 4.69) is 6.92 Å². The maximum atomic E-state index is 12.5. The molecule has 4 heteroatoms. The predicted molar refractivity (Wildman–Crippen MR) is 79.6 cm³/mol. The van der Waals surface area contributed by atoms with E-state index in [0.29, 0.717) is 5.56 Å². The third-order valence-electron chi connectivity index (χ3n) is 4.34. The minimum atomic E-state index is -3.25. The molecule has 1 aromatic carbocycles. The van der Waals surface area contributed by atoms with E-state index < -0.39 is 9.84 Å². The van der Waals surface area contributed by atoms with E-state index in [9.17, 15) is 13.2 Å². The van der Waals surface area contributed by atoms with Crippen LogP contribution >= 0.6 is 0 Å². The molecule has 0 aliphatic heterocycles. The fourth-order valence-corrected chi connectivity index (χ4v) is 3.62. The van der Waals surface area contributed by atoms with Gasteiger partial charge in [0, 0.05) is 17.7 Å². The minimum absolute atomic E-state index is 0.0626. The SMILES string of the molecule is CCC1CCC(C(=O)c2cccc(S(C)(=O)=O)c2)CC1. The lowest BCUT2D eigenvalue weighted by Crippen LogP contribution is -2.22. The Bertz CT molecular complexity index is 581. The van der Waals surface area contributed by atoms with Crippen molar-refractivity contribution in [3.63, 3.8) is 0 Å². The molecule has 3 nitrogen and oxygen atoms in total. The van der Waals surface area contributed by atoms with Crippen molar-refractivity contribution in [3.8, 4) is 0 Å². The first kappa shape index (κ1) is 15.2. The summed E-state index contributed by atoms with van der Waals surface area (Å²) in [5.74, 6) is 0.916. The number of hydrogen-bond acceptors (Lipinski definition) is 3. The van der Waals surface area contributed by atoms with Gasteiger partial charge in [-0.2, -0.15) is 0 Å². The summed E-state index contributed by atoms with van der Waals surface area (Å²) in [5, 5.41) is 0. The molecule has 1 fully saturated rings. The summed E-state index contributed by atoms with van der Waals surface area (Å²) in [4.78, 5) is 12.7. The molecule has 110 valence electrons. The normalized spacial score (nSPS) is 23.5. The van der Waals surface area contributed by atoms with Crippen LogP contribution in [0.5, 0.6) is 0 Å². The molecule has 0 radical (unpaired) electrons. The molecule has 0 unspecified atom stereocenters. The summed E-state index contributed by atoms with van der Waals surface area (Å²) in [6.07, 6.45) is 6.44. The van der Waals surface area contributed by atoms with Gasteiger partial charge in [-0.1, -0.05) is 25.5 Å². The van der Waals surface area contributed by atoms with Gasteiger partial charge in [-0.15, -0.1) is 0 Å². The maximum absolute atomic E-state index is 12.5. The highest BCUT2D eigenvalue weighted by molar-refractivity contribution is 7.90. The van der Waals surface area contributed by atoms with Crippen LogP contribution in [0, 0.1) is 11.8 Å². The zero-order valence-electron chi connectivity index (χ0n) is 12.1. The molecule has 0 amide bonds. The first-order valence-electron chi connectivity index (χ1n) is 7.26. The van der Waals surface area contributed by atoms with Crippen LogP contribution in [0.25, 0.3) is 0 Å². The Hall–Kier alpha value is -1.16. The molecule has 1 saturated carbocycles. The Morgan fingerprint density at radius 1 is 1.20 bits per heavy atom. The van der Waals surface area contributed by atoms with Gasteiger partial charge in [0.1, 0.15) is 0 Å². The molecule has 1 aromatic rings. The second-order valence-corrected chi connectivity index (χ2v) is 7.81. The smallest absolute Gasteiger partial charge is 0.175 e. The van der Waals surface area contributed by atoms with Crippen LogP contribution in [-0.2, 0) is 9.84 Å². The van der Waals surface area contributed by atoms with Crippen molar-refractivity contribution >= 4 is 15.6 Å². The molecule has 0 spiro atoms. The van der Waals surface area contributed by atoms with Gasteiger partial charge >= 0.3 is 0 Å². The highest BCUT2D eigenvalue weighted by atomic mass is 32.2. The Morgan fingerprint density at radius 3 is 2.40 bits per heavy atom. The third kappa shape index (κ3) is 3.48. The number of ketones is 1. The summed E-state index contributed by atoms with van der Waals surface area (Å²) in [7, 11) is -3.25. The van der Waals surface area contributed by atoms with E-state index in [0.717, 1.165) is 31.6 Å². The zero-order valence-corrected chi connectivity index (χ0v) is 12.9. The van der Waals surface area contributed by atoms with E-state index in [1.165, 1.54) is 18.7 Å². The Morgan fingerprint density at radius 2 is 1.85 bits per heavy atom. The molecule has 0 atom stereocenters. The standard InChI is InChI=1S/C16H22O3S/c1-3-12-7-9-13(10-8-12)16(17)14-5-4-6-15(11-14)20(2,18)19/h4-6,11-13H,3,7-10H2,1-2H3. The lowest BCUT2D eigenvalue weighted by molar-refractivity contribution is 0.0871. The van der Waals surface area contributed by atoms with Gasteiger partial charge in [0.15, 0.2) is 15.6 Å². The fourth-order valence-electron chi connectivity index (χ4n) is 2.95. The van der Waals surface area contributed by atoms with Gasteiger partial charge in [0.05, 0.1) is 4.90 Å². The molecular weight excluding hydrogens is 272 g/mol. The number of carbonyl (C=O) groups is 1. The summed E-state index contributed by atoms with van der Waals surface area (Å²) in [6, 6.07) is 6.44. The Balaban J connectivity index is 2.14. The van der Waals surface area contributed by atoms with Crippen LogP contribution in [0.4, 0.5) is 0 Å². The second-order valence-electron chi connectivity index (χ2n) is 5.79. The van der Waals surface area contributed by atoms with E-state index in [4.69, 9.17) is 0 Å². The molecule has 1 aliphatic carbocycles. The zero-order chi connectivity index (χ0) is 14.8. The molecule has 0 aromatic heterocycles. The number of carbonyl (C=O) groups excluding carboxylic acids is 1. The first-order chi connectivity index (χ1) is 9.41. The van der Waals surface area contributed by atoms with Gasteiger partial charge in [0.25, 0.3) is 0 Å². The van der Waals surface area contributed by atoms with Gasteiger partial charge in [-0.05, 0) is 43.7 Å². The van der Waals surface area contributed by atoms with Gasteiger partial charge < -0.3 is 0 Å². The van der Waals surface area contributed by atoms with Crippen molar-refractivity contribution < 1.29 is 13.2 Å². The number of rotatable bonds is 4. The van der Waals surface area contributed by atoms with Crippen molar-refractivity contribution in [2.75, 3.05) is 6.26 Å². The van der Waals surface area contributed by atoms with Crippen molar-refractivity contribution in [2.45, 2.75) is 43.9 Å². The Labute approximate surface area is 121 Å². The average Bonchev–Trinajstić information content (AvgIpc) is 2.46. The van der Waals surface area contributed by atoms with Gasteiger partial charge in [-0.25, -0.2) is 8.42 Å². The lowest BCUT2D eigenvalue weighted by Gasteiger charge is -2.26. The fraction of sp³-hybridized carbons (Fsp3) is 0.562. The molecule has 20 heavy (non-hydrogen) atoms. The van der Waals surface area contributed by atoms with E-state index in [1.54, 1.807) is 18.2 Å². The van der Waals surface area contributed by atoms with Gasteiger partial charge in [0.2, 0.25) is 0 Å². The summed E-state index contributed by atoms with van der Waals surface area (Å²) in [5.41, 5.74) is 0.535. The largest absolute Gasteiger partial charge is 0.294 e. The monoisotopic (exact) mass is 294 g/mol. The van der Waals surface area contributed by atoms with Crippen LogP contribution in [-0.4, -0.2) is 20.5 Å². The quantitative estimate of drug-likeness (QED) is 0.799. The minimum Gasteiger partial charge on any atom is -0.294 e. The number of hydrogen-bond donors (Lipinski definition) is 0. The lowest BCUT2D eigenvalue weighted by atomic mass is 9.78. The molecule has 0 N–H and O–H groups in total. The second kappa shape index (κ2) is 6.08. The van der Waals surface area contributed by atoms with Crippen LogP contribution in [0.3, 0.4) is 0 Å². The van der Waals surface area contributed by atoms with Crippen molar-refractivity contribution in [3.05, 3.63) is 29.8 Å². The van der Waals surface area contributed by atoms with Crippen LogP contribution in [0.15, 0.2) is 29.2 Å². The number of sulfone groups is 1. The molecular formula is C16H22O3S. The predicted octanol–water partition coefficient (Wildman–Crippen LogP) is 3.49.